The highest BCUT2D eigenvalue weighted by molar-refractivity contribution is 6.00. The molecule has 1 aromatic heterocycles. The van der Waals surface area contributed by atoms with Crippen molar-refractivity contribution < 1.29 is 9.18 Å². The van der Waals surface area contributed by atoms with E-state index in [1.54, 1.807) is 12.1 Å². The van der Waals surface area contributed by atoms with Crippen LogP contribution in [0.4, 0.5) is 10.3 Å². The molecule has 4 nitrogen and oxygen atoms in total. The number of anilines is 1. The third-order valence-electron chi connectivity index (χ3n) is 5.03. The summed E-state index contributed by atoms with van der Waals surface area (Å²) >= 11 is 0. The number of fused-ring (bicyclic) bond motifs is 3. The first-order valence-corrected chi connectivity index (χ1v) is 8.48. The second-order valence-corrected chi connectivity index (χ2v) is 6.54. The number of benzene rings is 2. The summed E-state index contributed by atoms with van der Waals surface area (Å²) in [4.78, 5) is 17.4. The Labute approximate surface area is 144 Å². The Kier molecular flexibility index (Phi) is 3.04. The van der Waals surface area contributed by atoms with E-state index >= 15 is 0 Å². The number of aromatic nitrogens is 2. The molecule has 2 heterocycles. The number of halogens is 1. The van der Waals surface area contributed by atoms with E-state index in [9.17, 15) is 9.18 Å². The average Bonchev–Trinajstić information content (AvgIpc) is 2.99. The number of carbonyl (C=O) groups is 1. The van der Waals surface area contributed by atoms with Gasteiger partial charge in [-0.15, -0.1) is 0 Å². The van der Waals surface area contributed by atoms with Crippen molar-refractivity contribution >= 4 is 22.8 Å². The summed E-state index contributed by atoms with van der Waals surface area (Å²) in [5.41, 5.74) is 4.48. The number of carbonyl (C=O) groups excluding carboxylic acids is 1. The molecule has 1 unspecified atom stereocenters. The highest BCUT2D eigenvalue weighted by Crippen LogP contribution is 2.42. The summed E-state index contributed by atoms with van der Waals surface area (Å²) in [5, 5.41) is 3.37. The normalized spacial score (nSPS) is 19.6. The number of nitrogens with zero attached hydrogens (tertiary/aromatic N) is 2. The number of hydrogen-bond donors (Lipinski definition) is 1. The van der Waals surface area contributed by atoms with Crippen LogP contribution in [-0.2, 0) is 4.79 Å². The maximum absolute atomic E-state index is 13.4. The zero-order valence-electron chi connectivity index (χ0n) is 13.5. The molecule has 1 atom stereocenters. The molecule has 5 rings (SSSR count). The zero-order valence-corrected chi connectivity index (χ0v) is 13.5. The minimum Gasteiger partial charge on any atom is -0.329 e. The molecule has 0 spiro atoms. The van der Waals surface area contributed by atoms with Crippen molar-refractivity contribution in [3.63, 3.8) is 0 Å². The first kappa shape index (κ1) is 14.4. The molecule has 124 valence electrons. The van der Waals surface area contributed by atoms with Crippen molar-refractivity contribution in [1.29, 1.82) is 0 Å². The number of para-hydroxylation sites is 2. The molecular weight excluding hydrogens is 317 g/mol. The van der Waals surface area contributed by atoms with Gasteiger partial charge in [0.1, 0.15) is 5.82 Å². The van der Waals surface area contributed by atoms with Gasteiger partial charge in [0.2, 0.25) is 5.95 Å². The number of imidazole rings is 1. The SMILES string of the molecule is O=C1CCCC2=C1C(c1ccc(F)cc1)n1c(nc3ccccc31)N2. The van der Waals surface area contributed by atoms with Crippen LogP contribution in [0.25, 0.3) is 11.0 Å². The smallest absolute Gasteiger partial charge is 0.209 e. The van der Waals surface area contributed by atoms with Crippen LogP contribution < -0.4 is 5.32 Å². The van der Waals surface area contributed by atoms with Crippen LogP contribution in [0.15, 0.2) is 59.8 Å². The van der Waals surface area contributed by atoms with Gasteiger partial charge in [-0.05, 0) is 42.7 Å². The number of ketones is 1. The number of Topliss-reactive ketones (excluding diaryl/α,β-unsaturated/α-hetero) is 1. The minimum atomic E-state index is -0.280. The predicted octanol–water partition coefficient (Wildman–Crippen LogP) is 4.20. The van der Waals surface area contributed by atoms with E-state index < -0.39 is 0 Å². The molecule has 2 aliphatic rings. The highest BCUT2D eigenvalue weighted by Gasteiger charge is 2.36. The Hall–Kier alpha value is -2.95. The fourth-order valence-corrected chi connectivity index (χ4v) is 3.93. The van der Waals surface area contributed by atoms with Crippen LogP contribution in [-0.4, -0.2) is 15.3 Å². The molecule has 0 radical (unpaired) electrons. The summed E-state index contributed by atoms with van der Waals surface area (Å²) in [6.07, 6.45) is 2.24. The number of allylic oxidation sites excluding steroid dienone is 2. The molecule has 0 saturated heterocycles. The lowest BCUT2D eigenvalue weighted by molar-refractivity contribution is -0.116. The van der Waals surface area contributed by atoms with E-state index in [2.05, 4.69) is 9.88 Å². The van der Waals surface area contributed by atoms with Gasteiger partial charge in [0, 0.05) is 17.7 Å². The van der Waals surface area contributed by atoms with Crippen molar-refractivity contribution in [2.75, 3.05) is 5.32 Å². The monoisotopic (exact) mass is 333 g/mol. The summed E-state index contributed by atoms with van der Waals surface area (Å²) in [6, 6.07) is 14.0. The largest absolute Gasteiger partial charge is 0.329 e. The van der Waals surface area contributed by atoms with Crippen LogP contribution in [0.1, 0.15) is 30.9 Å². The van der Waals surface area contributed by atoms with Crippen LogP contribution >= 0.6 is 0 Å². The summed E-state index contributed by atoms with van der Waals surface area (Å²) < 4.78 is 15.5. The molecule has 1 N–H and O–H groups in total. The van der Waals surface area contributed by atoms with Gasteiger partial charge in [0.15, 0.2) is 5.78 Å². The van der Waals surface area contributed by atoms with E-state index in [4.69, 9.17) is 4.98 Å². The van der Waals surface area contributed by atoms with Gasteiger partial charge in [-0.2, -0.15) is 0 Å². The first-order valence-electron chi connectivity index (χ1n) is 8.48. The molecule has 0 bridgehead atoms. The second kappa shape index (κ2) is 5.28. The molecule has 25 heavy (non-hydrogen) atoms. The van der Waals surface area contributed by atoms with Gasteiger partial charge in [-0.3, -0.25) is 9.36 Å². The van der Waals surface area contributed by atoms with Crippen molar-refractivity contribution in [1.82, 2.24) is 9.55 Å². The third kappa shape index (κ3) is 2.12. The Morgan fingerprint density at radius 3 is 2.72 bits per heavy atom. The molecule has 5 heteroatoms. The molecule has 1 aliphatic carbocycles. The van der Waals surface area contributed by atoms with Gasteiger partial charge >= 0.3 is 0 Å². The highest BCUT2D eigenvalue weighted by atomic mass is 19.1. The lowest BCUT2D eigenvalue weighted by Gasteiger charge is -2.33. The molecule has 3 aromatic rings. The fraction of sp³-hybridized carbons (Fsp3) is 0.200. The third-order valence-corrected chi connectivity index (χ3v) is 5.03. The van der Waals surface area contributed by atoms with Crippen LogP contribution in [0.2, 0.25) is 0 Å². The Morgan fingerprint density at radius 1 is 1.08 bits per heavy atom. The molecule has 0 saturated carbocycles. The van der Waals surface area contributed by atoms with Gasteiger partial charge in [0.05, 0.1) is 17.1 Å². The quantitative estimate of drug-likeness (QED) is 0.726. The van der Waals surface area contributed by atoms with E-state index in [0.29, 0.717) is 6.42 Å². The molecule has 1 aliphatic heterocycles. The Morgan fingerprint density at radius 2 is 1.88 bits per heavy atom. The lowest BCUT2D eigenvalue weighted by Crippen LogP contribution is -2.30. The predicted molar refractivity (Wildman–Crippen MR) is 93.8 cm³/mol. The molecular formula is C20H16FN3O. The minimum absolute atomic E-state index is 0.159. The van der Waals surface area contributed by atoms with Gasteiger partial charge in [-0.25, -0.2) is 9.37 Å². The average molecular weight is 333 g/mol. The lowest BCUT2D eigenvalue weighted by atomic mass is 9.85. The zero-order chi connectivity index (χ0) is 17.0. The van der Waals surface area contributed by atoms with Crippen molar-refractivity contribution in [3.05, 3.63) is 71.2 Å². The van der Waals surface area contributed by atoms with Gasteiger partial charge in [-0.1, -0.05) is 24.3 Å². The second-order valence-electron chi connectivity index (χ2n) is 6.54. The fourth-order valence-electron chi connectivity index (χ4n) is 3.93. The van der Waals surface area contributed by atoms with Gasteiger partial charge in [0.25, 0.3) is 0 Å². The van der Waals surface area contributed by atoms with E-state index in [0.717, 1.165) is 46.7 Å². The summed E-state index contributed by atoms with van der Waals surface area (Å²) in [7, 11) is 0. The van der Waals surface area contributed by atoms with E-state index in [1.165, 1.54) is 12.1 Å². The standard InChI is InChI=1S/C20H16FN3O/c21-13-10-8-12(9-11-13)19-18-15(5-3-7-17(18)25)23-20-22-14-4-1-2-6-16(14)24(19)20/h1-2,4,6,8-11,19H,3,5,7H2,(H,22,23). The van der Waals surface area contributed by atoms with Crippen LogP contribution in [0, 0.1) is 5.82 Å². The molecule has 0 amide bonds. The Balaban J connectivity index is 1.81. The van der Waals surface area contributed by atoms with Crippen LogP contribution in [0.3, 0.4) is 0 Å². The molecule has 2 aromatic carbocycles. The van der Waals surface area contributed by atoms with E-state index in [1.807, 2.05) is 24.3 Å². The van der Waals surface area contributed by atoms with Crippen molar-refractivity contribution in [3.8, 4) is 0 Å². The van der Waals surface area contributed by atoms with Crippen LogP contribution in [0.5, 0.6) is 0 Å². The van der Waals surface area contributed by atoms with Gasteiger partial charge < -0.3 is 5.32 Å². The van der Waals surface area contributed by atoms with Crippen molar-refractivity contribution in [2.45, 2.75) is 25.3 Å². The summed E-state index contributed by atoms with van der Waals surface area (Å²) in [5.74, 6) is 0.619. The number of rotatable bonds is 1. The summed E-state index contributed by atoms with van der Waals surface area (Å²) in [6.45, 7) is 0. The maximum Gasteiger partial charge on any atom is 0.209 e. The Bertz CT molecular complexity index is 1030. The maximum atomic E-state index is 13.4. The number of hydrogen-bond acceptors (Lipinski definition) is 3. The van der Waals surface area contributed by atoms with Crippen molar-refractivity contribution in [2.24, 2.45) is 0 Å². The topological polar surface area (TPSA) is 46.9 Å². The van der Waals surface area contributed by atoms with E-state index in [-0.39, 0.29) is 17.6 Å². The molecule has 0 fully saturated rings. The first-order chi connectivity index (χ1) is 12.2. The number of nitrogens with one attached hydrogen (secondary N) is 1.